The molecule has 4 heteroatoms. The molecule has 1 aliphatic carbocycles. The standard InChI is InChI=1S/C16H24N2O2/c1-11(2)18-16(15(17)19,13-7-8-13)10-20-14-6-4-5-12(3)9-14/h4-6,9,11,13,18H,7-8,10H2,1-3H3,(H2,17,19). The van der Waals surface area contributed by atoms with E-state index in [1.807, 2.05) is 45.0 Å². The minimum Gasteiger partial charge on any atom is -0.491 e. The average Bonchev–Trinajstić information content (AvgIpc) is 3.18. The van der Waals surface area contributed by atoms with Crippen molar-refractivity contribution in [2.24, 2.45) is 11.7 Å². The molecule has 1 saturated carbocycles. The minimum absolute atomic E-state index is 0.184. The molecule has 110 valence electrons. The van der Waals surface area contributed by atoms with E-state index in [0.717, 1.165) is 24.2 Å². The molecule has 2 rings (SSSR count). The molecule has 1 aliphatic rings. The van der Waals surface area contributed by atoms with Crippen molar-refractivity contribution in [2.45, 2.75) is 45.2 Å². The third-order valence-electron chi connectivity index (χ3n) is 3.72. The van der Waals surface area contributed by atoms with Crippen LogP contribution in [0.1, 0.15) is 32.3 Å². The number of hydrogen-bond acceptors (Lipinski definition) is 3. The number of amides is 1. The van der Waals surface area contributed by atoms with Gasteiger partial charge in [0.05, 0.1) is 0 Å². The van der Waals surface area contributed by atoms with Gasteiger partial charge in [-0.05, 0) is 57.2 Å². The van der Waals surface area contributed by atoms with E-state index in [1.165, 1.54) is 0 Å². The van der Waals surface area contributed by atoms with Crippen LogP contribution in [0.15, 0.2) is 24.3 Å². The van der Waals surface area contributed by atoms with Gasteiger partial charge < -0.3 is 10.5 Å². The van der Waals surface area contributed by atoms with Crippen molar-refractivity contribution in [2.75, 3.05) is 6.61 Å². The topological polar surface area (TPSA) is 64.3 Å². The highest BCUT2D eigenvalue weighted by Gasteiger charge is 2.50. The lowest BCUT2D eigenvalue weighted by atomic mass is 9.92. The molecule has 1 amide bonds. The van der Waals surface area contributed by atoms with Gasteiger partial charge in [-0.1, -0.05) is 12.1 Å². The molecule has 0 aliphatic heterocycles. The van der Waals surface area contributed by atoms with Crippen LogP contribution in [-0.4, -0.2) is 24.1 Å². The number of carbonyl (C=O) groups excluding carboxylic acids is 1. The Labute approximate surface area is 120 Å². The van der Waals surface area contributed by atoms with Crippen LogP contribution in [0.25, 0.3) is 0 Å². The van der Waals surface area contributed by atoms with Gasteiger partial charge in [0.25, 0.3) is 0 Å². The van der Waals surface area contributed by atoms with Gasteiger partial charge in [0, 0.05) is 6.04 Å². The molecule has 0 bridgehead atoms. The third-order valence-corrected chi connectivity index (χ3v) is 3.72. The molecule has 1 aromatic carbocycles. The Balaban J connectivity index is 2.13. The second kappa shape index (κ2) is 5.83. The number of rotatable bonds is 7. The van der Waals surface area contributed by atoms with Gasteiger partial charge in [0.1, 0.15) is 17.9 Å². The highest BCUT2D eigenvalue weighted by molar-refractivity contribution is 5.86. The van der Waals surface area contributed by atoms with E-state index in [0.29, 0.717) is 0 Å². The maximum atomic E-state index is 12.0. The second-order valence-electron chi connectivity index (χ2n) is 6.01. The summed E-state index contributed by atoms with van der Waals surface area (Å²) in [7, 11) is 0. The Morgan fingerprint density at radius 3 is 2.70 bits per heavy atom. The highest BCUT2D eigenvalue weighted by atomic mass is 16.5. The van der Waals surface area contributed by atoms with Crippen LogP contribution >= 0.6 is 0 Å². The predicted molar refractivity (Wildman–Crippen MR) is 79.6 cm³/mol. The fraction of sp³-hybridized carbons (Fsp3) is 0.562. The van der Waals surface area contributed by atoms with Crippen molar-refractivity contribution >= 4 is 5.91 Å². The van der Waals surface area contributed by atoms with Crippen LogP contribution in [0.5, 0.6) is 5.75 Å². The lowest BCUT2D eigenvalue weighted by molar-refractivity contribution is -0.127. The lowest BCUT2D eigenvalue weighted by Gasteiger charge is -2.33. The SMILES string of the molecule is Cc1cccc(OCC(NC(C)C)(C(N)=O)C2CC2)c1. The van der Waals surface area contributed by atoms with Gasteiger partial charge in [-0.3, -0.25) is 10.1 Å². The van der Waals surface area contributed by atoms with Crippen molar-refractivity contribution in [1.29, 1.82) is 0 Å². The molecule has 3 N–H and O–H groups in total. The van der Waals surface area contributed by atoms with Crippen LogP contribution in [-0.2, 0) is 4.79 Å². The molecule has 20 heavy (non-hydrogen) atoms. The number of ether oxygens (including phenoxy) is 1. The fourth-order valence-corrected chi connectivity index (χ4v) is 2.61. The summed E-state index contributed by atoms with van der Waals surface area (Å²) in [6.45, 7) is 6.34. The van der Waals surface area contributed by atoms with Crippen molar-refractivity contribution < 1.29 is 9.53 Å². The molecular formula is C16H24N2O2. The van der Waals surface area contributed by atoms with Gasteiger partial charge in [-0.15, -0.1) is 0 Å². The van der Waals surface area contributed by atoms with Crippen molar-refractivity contribution in [3.63, 3.8) is 0 Å². The van der Waals surface area contributed by atoms with Gasteiger partial charge in [-0.25, -0.2) is 0 Å². The molecule has 1 unspecified atom stereocenters. The first kappa shape index (κ1) is 14.9. The van der Waals surface area contributed by atoms with E-state index >= 15 is 0 Å². The van der Waals surface area contributed by atoms with Gasteiger partial charge in [-0.2, -0.15) is 0 Å². The molecule has 4 nitrogen and oxygen atoms in total. The number of aryl methyl sites for hydroxylation is 1. The molecule has 0 spiro atoms. The first-order valence-corrected chi connectivity index (χ1v) is 7.21. The Bertz CT molecular complexity index is 483. The highest BCUT2D eigenvalue weighted by Crippen LogP contribution is 2.40. The summed E-state index contributed by atoms with van der Waals surface area (Å²) < 4.78 is 5.85. The molecule has 0 heterocycles. The minimum atomic E-state index is -0.752. The smallest absolute Gasteiger partial charge is 0.241 e. The van der Waals surface area contributed by atoms with Crippen LogP contribution in [0.3, 0.4) is 0 Å². The van der Waals surface area contributed by atoms with E-state index in [9.17, 15) is 4.79 Å². The van der Waals surface area contributed by atoms with Crippen LogP contribution < -0.4 is 15.8 Å². The Kier molecular flexibility index (Phi) is 4.33. The normalized spacial score (nSPS) is 17.8. The van der Waals surface area contributed by atoms with Crippen molar-refractivity contribution in [3.05, 3.63) is 29.8 Å². The van der Waals surface area contributed by atoms with Gasteiger partial charge >= 0.3 is 0 Å². The number of nitrogens with two attached hydrogens (primary N) is 1. The molecule has 1 fully saturated rings. The number of nitrogens with one attached hydrogen (secondary N) is 1. The summed E-state index contributed by atoms with van der Waals surface area (Å²) in [5.41, 5.74) is 6.06. The van der Waals surface area contributed by atoms with Gasteiger partial charge in [0.15, 0.2) is 0 Å². The largest absolute Gasteiger partial charge is 0.491 e. The van der Waals surface area contributed by atoms with Gasteiger partial charge in [0.2, 0.25) is 5.91 Å². The maximum absolute atomic E-state index is 12.0. The first-order chi connectivity index (χ1) is 9.44. The predicted octanol–water partition coefficient (Wildman–Crippen LogP) is 2.01. The zero-order valence-corrected chi connectivity index (χ0v) is 12.5. The molecule has 0 radical (unpaired) electrons. The lowest BCUT2D eigenvalue weighted by Crippen LogP contribution is -2.62. The summed E-state index contributed by atoms with van der Waals surface area (Å²) in [5, 5.41) is 3.34. The third kappa shape index (κ3) is 3.31. The van der Waals surface area contributed by atoms with Crippen molar-refractivity contribution in [3.8, 4) is 5.75 Å². The molecular weight excluding hydrogens is 252 g/mol. The van der Waals surface area contributed by atoms with Crippen LogP contribution in [0, 0.1) is 12.8 Å². The van der Waals surface area contributed by atoms with E-state index in [4.69, 9.17) is 10.5 Å². The summed E-state index contributed by atoms with van der Waals surface area (Å²) >= 11 is 0. The Hall–Kier alpha value is -1.55. The maximum Gasteiger partial charge on any atom is 0.241 e. The number of hydrogen-bond donors (Lipinski definition) is 2. The Morgan fingerprint density at radius 2 is 2.20 bits per heavy atom. The fourth-order valence-electron chi connectivity index (χ4n) is 2.61. The summed E-state index contributed by atoms with van der Waals surface area (Å²) in [5.74, 6) is 0.746. The molecule has 0 saturated heterocycles. The zero-order valence-electron chi connectivity index (χ0n) is 12.5. The molecule has 0 aromatic heterocycles. The van der Waals surface area contributed by atoms with Crippen LogP contribution in [0.4, 0.5) is 0 Å². The summed E-state index contributed by atoms with van der Waals surface area (Å²) in [6.07, 6.45) is 2.06. The molecule has 1 aromatic rings. The summed E-state index contributed by atoms with van der Waals surface area (Å²) in [6, 6.07) is 8.02. The monoisotopic (exact) mass is 276 g/mol. The Morgan fingerprint density at radius 1 is 1.50 bits per heavy atom. The second-order valence-corrected chi connectivity index (χ2v) is 6.01. The van der Waals surface area contributed by atoms with E-state index in [2.05, 4.69) is 5.32 Å². The van der Waals surface area contributed by atoms with E-state index < -0.39 is 5.54 Å². The van der Waals surface area contributed by atoms with Crippen molar-refractivity contribution in [1.82, 2.24) is 5.32 Å². The van der Waals surface area contributed by atoms with E-state index in [1.54, 1.807) is 0 Å². The first-order valence-electron chi connectivity index (χ1n) is 7.21. The number of carbonyl (C=O) groups is 1. The average molecular weight is 276 g/mol. The quantitative estimate of drug-likeness (QED) is 0.800. The molecule has 1 atom stereocenters. The summed E-state index contributed by atoms with van der Waals surface area (Å²) in [4.78, 5) is 12.0. The zero-order chi connectivity index (χ0) is 14.8. The van der Waals surface area contributed by atoms with Crippen LogP contribution in [0.2, 0.25) is 0 Å². The van der Waals surface area contributed by atoms with E-state index in [-0.39, 0.29) is 24.5 Å². The number of primary amides is 1. The number of benzene rings is 1.